The van der Waals surface area contributed by atoms with Gasteiger partial charge >= 0.3 is 0 Å². The highest BCUT2D eigenvalue weighted by Crippen LogP contribution is 2.26. The minimum atomic E-state index is 0.148. The van der Waals surface area contributed by atoms with E-state index in [9.17, 15) is 4.79 Å². The van der Waals surface area contributed by atoms with Crippen molar-refractivity contribution in [2.24, 2.45) is 5.92 Å². The zero-order chi connectivity index (χ0) is 9.26. The molecule has 0 radical (unpaired) electrons. The van der Waals surface area contributed by atoms with Crippen molar-refractivity contribution in [1.29, 1.82) is 0 Å². The molecule has 0 aliphatic heterocycles. The molecule has 1 aromatic rings. The molecule has 0 N–H and O–H groups in total. The van der Waals surface area contributed by atoms with Crippen molar-refractivity contribution in [1.82, 2.24) is 0 Å². The van der Waals surface area contributed by atoms with Crippen molar-refractivity contribution in [3.8, 4) is 0 Å². The van der Waals surface area contributed by atoms with E-state index in [1.54, 1.807) is 0 Å². The highest BCUT2D eigenvalue weighted by atomic mass is 16.1. The van der Waals surface area contributed by atoms with E-state index in [1.165, 1.54) is 17.2 Å². The second-order valence-corrected chi connectivity index (χ2v) is 3.48. The van der Waals surface area contributed by atoms with Gasteiger partial charge in [-0.25, -0.2) is 0 Å². The number of carbonyl (C=O) groups is 1. The smallest absolute Gasteiger partial charge is 0.158 e. The van der Waals surface area contributed by atoms with Gasteiger partial charge in [-0.2, -0.15) is 0 Å². The minimum Gasteiger partial charge on any atom is -0.295 e. The summed E-state index contributed by atoms with van der Waals surface area (Å²) < 4.78 is 0. The summed E-state index contributed by atoms with van der Waals surface area (Å²) in [5, 5.41) is 0. The van der Waals surface area contributed by atoms with Crippen molar-refractivity contribution in [2.75, 3.05) is 0 Å². The fourth-order valence-corrected chi connectivity index (χ4v) is 1.93. The lowest BCUT2D eigenvalue weighted by Gasteiger charge is -2.01. The number of benzene rings is 1. The first kappa shape index (κ1) is 8.24. The molecule has 0 aromatic heterocycles. The molecule has 0 unspecified atom stereocenters. The molecule has 0 atom stereocenters. The number of hydrogen-bond donors (Lipinski definition) is 0. The number of ketones is 1. The third-order valence-corrected chi connectivity index (χ3v) is 2.65. The van der Waals surface area contributed by atoms with E-state index in [1.807, 2.05) is 12.1 Å². The van der Waals surface area contributed by atoms with E-state index in [0.717, 1.165) is 12.8 Å². The van der Waals surface area contributed by atoms with E-state index >= 15 is 0 Å². The average Bonchev–Trinajstić information content (AvgIpc) is 2.59. The molecule has 0 saturated heterocycles. The van der Waals surface area contributed by atoms with Gasteiger partial charge in [-0.3, -0.25) is 4.79 Å². The van der Waals surface area contributed by atoms with Crippen LogP contribution in [0.15, 0.2) is 36.9 Å². The van der Waals surface area contributed by atoms with Gasteiger partial charge in [0, 0.05) is 5.92 Å². The van der Waals surface area contributed by atoms with Crippen LogP contribution in [0.5, 0.6) is 0 Å². The lowest BCUT2D eigenvalue weighted by molar-refractivity contribution is -0.117. The third-order valence-electron chi connectivity index (χ3n) is 2.65. The standard InChI is InChI=1S/C12H12O/c1-2-12(13)11-7-9-5-3-4-6-10(9)8-11/h2-6,11H,1,7-8H2. The van der Waals surface area contributed by atoms with Crippen LogP contribution in [0.2, 0.25) is 0 Å². The highest BCUT2D eigenvalue weighted by molar-refractivity contribution is 5.92. The van der Waals surface area contributed by atoms with Crippen molar-refractivity contribution in [3.05, 3.63) is 48.0 Å². The van der Waals surface area contributed by atoms with Crippen LogP contribution in [0.25, 0.3) is 0 Å². The van der Waals surface area contributed by atoms with E-state index in [4.69, 9.17) is 0 Å². The Morgan fingerprint density at radius 1 is 1.31 bits per heavy atom. The van der Waals surface area contributed by atoms with E-state index in [2.05, 4.69) is 18.7 Å². The Kier molecular flexibility index (Phi) is 2.01. The van der Waals surface area contributed by atoms with Crippen molar-refractivity contribution < 1.29 is 4.79 Å². The molecule has 1 aliphatic rings. The van der Waals surface area contributed by atoms with Gasteiger partial charge in [0.25, 0.3) is 0 Å². The molecular formula is C12H12O. The first-order chi connectivity index (χ1) is 6.31. The Labute approximate surface area is 78.1 Å². The summed E-state index contributed by atoms with van der Waals surface area (Å²) in [4.78, 5) is 11.4. The minimum absolute atomic E-state index is 0.148. The molecule has 0 heterocycles. The quantitative estimate of drug-likeness (QED) is 0.625. The third kappa shape index (κ3) is 1.42. The molecule has 13 heavy (non-hydrogen) atoms. The molecule has 1 nitrogen and oxygen atoms in total. The van der Waals surface area contributed by atoms with Crippen LogP contribution < -0.4 is 0 Å². The Morgan fingerprint density at radius 2 is 1.85 bits per heavy atom. The lowest BCUT2D eigenvalue weighted by atomic mass is 10.0. The van der Waals surface area contributed by atoms with Gasteiger partial charge in [0.2, 0.25) is 0 Å². The second-order valence-electron chi connectivity index (χ2n) is 3.48. The molecular weight excluding hydrogens is 160 g/mol. The molecule has 2 rings (SSSR count). The highest BCUT2D eigenvalue weighted by Gasteiger charge is 2.24. The van der Waals surface area contributed by atoms with Gasteiger partial charge in [-0.1, -0.05) is 30.8 Å². The number of rotatable bonds is 2. The molecule has 66 valence electrons. The van der Waals surface area contributed by atoms with Crippen LogP contribution in [-0.2, 0) is 17.6 Å². The number of fused-ring (bicyclic) bond motifs is 1. The molecule has 0 saturated carbocycles. The largest absolute Gasteiger partial charge is 0.295 e. The van der Waals surface area contributed by atoms with E-state index in [0.29, 0.717) is 0 Å². The summed E-state index contributed by atoms with van der Waals surface area (Å²) in [6, 6.07) is 8.26. The van der Waals surface area contributed by atoms with E-state index in [-0.39, 0.29) is 11.7 Å². The van der Waals surface area contributed by atoms with Gasteiger partial charge in [-0.05, 0) is 30.0 Å². The van der Waals surface area contributed by atoms with Crippen molar-refractivity contribution >= 4 is 5.78 Å². The normalized spacial score (nSPS) is 15.4. The van der Waals surface area contributed by atoms with Crippen LogP contribution in [0, 0.1) is 5.92 Å². The summed E-state index contributed by atoms with van der Waals surface area (Å²) >= 11 is 0. The van der Waals surface area contributed by atoms with Gasteiger partial charge < -0.3 is 0 Å². The maximum atomic E-state index is 11.4. The summed E-state index contributed by atoms with van der Waals surface area (Å²) in [5.74, 6) is 0.325. The summed E-state index contributed by atoms with van der Waals surface area (Å²) in [7, 11) is 0. The van der Waals surface area contributed by atoms with Gasteiger partial charge in [0.05, 0.1) is 0 Å². The number of hydrogen-bond acceptors (Lipinski definition) is 1. The Hall–Kier alpha value is -1.37. The van der Waals surface area contributed by atoms with Gasteiger partial charge in [-0.15, -0.1) is 0 Å². The average molecular weight is 172 g/mol. The molecule has 1 heteroatoms. The maximum Gasteiger partial charge on any atom is 0.158 e. The second kappa shape index (κ2) is 3.17. The number of carbonyl (C=O) groups excluding carboxylic acids is 1. The molecule has 1 aromatic carbocycles. The number of allylic oxidation sites excluding steroid dienone is 1. The van der Waals surface area contributed by atoms with Crippen LogP contribution >= 0.6 is 0 Å². The zero-order valence-electron chi connectivity index (χ0n) is 7.49. The summed E-state index contributed by atoms with van der Waals surface area (Å²) in [6.45, 7) is 3.52. The molecule has 0 bridgehead atoms. The molecule has 0 amide bonds. The van der Waals surface area contributed by atoms with Crippen molar-refractivity contribution in [3.63, 3.8) is 0 Å². The topological polar surface area (TPSA) is 17.1 Å². The molecule has 0 spiro atoms. The molecule has 1 aliphatic carbocycles. The van der Waals surface area contributed by atoms with E-state index < -0.39 is 0 Å². The first-order valence-electron chi connectivity index (χ1n) is 4.54. The monoisotopic (exact) mass is 172 g/mol. The van der Waals surface area contributed by atoms with Crippen LogP contribution in [0.3, 0.4) is 0 Å². The SMILES string of the molecule is C=CC(=O)C1Cc2ccccc2C1. The first-order valence-corrected chi connectivity index (χ1v) is 4.54. The Balaban J connectivity index is 2.23. The maximum absolute atomic E-state index is 11.4. The van der Waals surface area contributed by atoms with Gasteiger partial charge in [0.15, 0.2) is 5.78 Å². The predicted octanol–water partition coefficient (Wildman–Crippen LogP) is 2.16. The lowest BCUT2D eigenvalue weighted by Crippen LogP contribution is -2.11. The van der Waals surface area contributed by atoms with Gasteiger partial charge in [0.1, 0.15) is 0 Å². The summed E-state index contributed by atoms with van der Waals surface area (Å²) in [6.07, 6.45) is 3.22. The van der Waals surface area contributed by atoms with Crippen molar-refractivity contribution in [2.45, 2.75) is 12.8 Å². The summed E-state index contributed by atoms with van der Waals surface area (Å²) in [5.41, 5.74) is 2.64. The van der Waals surface area contributed by atoms with Crippen LogP contribution in [0.1, 0.15) is 11.1 Å². The Bertz CT molecular complexity index is 327. The van der Waals surface area contributed by atoms with Crippen LogP contribution in [-0.4, -0.2) is 5.78 Å². The van der Waals surface area contributed by atoms with Crippen LogP contribution in [0.4, 0.5) is 0 Å². The zero-order valence-corrected chi connectivity index (χ0v) is 7.49. The fourth-order valence-electron chi connectivity index (χ4n) is 1.93. The fraction of sp³-hybridized carbons (Fsp3) is 0.250. The predicted molar refractivity (Wildman–Crippen MR) is 52.5 cm³/mol. The molecule has 0 fully saturated rings. The Morgan fingerprint density at radius 3 is 2.31 bits per heavy atom.